The van der Waals surface area contributed by atoms with E-state index in [0.29, 0.717) is 22.8 Å². The number of amides is 1. The van der Waals surface area contributed by atoms with Gasteiger partial charge in [-0.15, -0.1) is 0 Å². The molecule has 0 saturated carbocycles. The Kier molecular flexibility index (Phi) is 3.35. The summed E-state index contributed by atoms with van der Waals surface area (Å²) in [4.78, 5) is 11.8. The van der Waals surface area contributed by atoms with Gasteiger partial charge in [0.25, 0.3) is 5.91 Å². The number of nitrogen functional groups attached to an aromatic ring is 1. The van der Waals surface area contributed by atoms with E-state index < -0.39 is 0 Å². The number of furan rings is 1. The normalized spacial score (nSPS) is 10.2. The zero-order chi connectivity index (χ0) is 12.3. The van der Waals surface area contributed by atoms with Crippen molar-refractivity contribution < 1.29 is 9.21 Å². The summed E-state index contributed by atoms with van der Waals surface area (Å²) in [7, 11) is 0. The topological polar surface area (TPSA) is 68.3 Å². The summed E-state index contributed by atoms with van der Waals surface area (Å²) in [6.45, 7) is 0.399. The largest absolute Gasteiger partial charge is 0.472 e. The molecule has 0 aliphatic carbocycles. The van der Waals surface area contributed by atoms with Crippen molar-refractivity contribution in [1.29, 1.82) is 0 Å². The first-order valence-electron chi connectivity index (χ1n) is 5.01. The predicted molar refractivity (Wildman–Crippen MR) is 65.7 cm³/mol. The Hall–Kier alpha value is -1.94. The van der Waals surface area contributed by atoms with Crippen molar-refractivity contribution in [2.24, 2.45) is 0 Å². The third kappa shape index (κ3) is 2.79. The monoisotopic (exact) mass is 250 g/mol. The number of anilines is 1. The third-order valence-electron chi connectivity index (χ3n) is 2.27. The molecule has 0 unspecified atom stereocenters. The number of hydrogen-bond donors (Lipinski definition) is 2. The van der Waals surface area contributed by atoms with Gasteiger partial charge in [-0.3, -0.25) is 4.79 Å². The Balaban J connectivity index is 2.04. The van der Waals surface area contributed by atoms with E-state index in [1.807, 2.05) is 0 Å². The predicted octanol–water partition coefficient (Wildman–Crippen LogP) is 2.45. The van der Waals surface area contributed by atoms with Crippen LogP contribution >= 0.6 is 11.6 Å². The number of carbonyl (C=O) groups excluding carboxylic acids is 1. The van der Waals surface area contributed by atoms with E-state index >= 15 is 0 Å². The fraction of sp³-hybridized carbons (Fsp3) is 0.0833. The first-order chi connectivity index (χ1) is 8.16. The highest BCUT2D eigenvalue weighted by molar-refractivity contribution is 6.34. The molecule has 2 aromatic rings. The summed E-state index contributed by atoms with van der Waals surface area (Å²) in [5, 5.41) is 3.08. The molecule has 0 saturated heterocycles. The van der Waals surface area contributed by atoms with Crippen LogP contribution in [-0.4, -0.2) is 5.91 Å². The molecule has 0 atom stereocenters. The van der Waals surface area contributed by atoms with Crippen LogP contribution in [0.25, 0.3) is 0 Å². The molecule has 2 rings (SSSR count). The maximum Gasteiger partial charge on any atom is 0.253 e. The molecule has 1 amide bonds. The van der Waals surface area contributed by atoms with Crippen LogP contribution in [0.3, 0.4) is 0 Å². The van der Waals surface area contributed by atoms with Crippen LogP contribution in [0.2, 0.25) is 5.02 Å². The highest BCUT2D eigenvalue weighted by Crippen LogP contribution is 2.19. The van der Waals surface area contributed by atoms with Gasteiger partial charge in [0.15, 0.2) is 0 Å². The molecular formula is C12H11ClN2O2. The van der Waals surface area contributed by atoms with E-state index in [9.17, 15) is 4.79 Å². The molecule has 1 aromatic carbocycles. The quantitative estimate of drug-likeness (QED) is 0.822. The van der Waals surface area contributed by atoms with Crippen LogP contribution < -0.4 is 11.1 Å². The molecular weight excluding hydrogens is 240 g/mol. The van der Waals surface area contributed by atoms with Gasteiger partial charge < -0.3 is 15.5 Å². The molecule has 0 fully saturated rings. The number of halogens is 1. The molecule has 0 aliphatic rings. The first kappa shape index (κ1) is 11.5. The van der Waals surface area contributed by atoms with Gasteiger partial charge in [0.1, 0.15) is 0 Å². The summed E-state index contributed by atoms with van der Waals surface area (Å²) in [5.74, 6) is -0.240. The van der Waals surface area contributed by atoms with Crippen molar-refractivity contribution in [3.8, 4) is 0 Å². The number of benzene rings is 1. The van der Waals surface area contributed by atoms with Crippen molar-refractivity contribution in [3.05, 3.63) is 52.9 Å². The van der Waals surface area contributed by atoms with E-state index in [1.54, 1.807) is 36.8 Å². The molecule has 17 heavy (non-hydrogen) atoms. The molecule has 0 bridgehead atoms. The maximum atomic E-state index is 11.8. The molecule has 4 nitrogen and oxygen atoms in total. The Labute approximate surface area is 103 Å². The van der Waals surface area contributed by atoms with E-state index in [0.717, 1.165) is 5.56 Å². The average molecular weight is 251 g/mol. The molecule has 1 aromatic heterocycles. The van der Waals surface area contributed by atoms with Crippen LogP contribution in [0, 0.1) is 0 Å². The van der Waals surface area contributed by atoms with Gasteiger partial charge >= 0.3 is 0 Å². The molecule has 1 heterocycles. The molecule has 88 valence electrons. The summed E-state index contributed by atoms with van der Waals surface area (Å²) in [5.41, 5.74) is 7.38. The second-order valence-electron chi connectivity index (χ2n) is 3.55. The van der Waals surface area contributed by atoms with Gasteiger partial charge in [0, 0.05) is 17.8 Å². The van der Waals surface area contributed by atoms with Gasteiger partial charge in [-0.05, 0) is 24.3 Å². The second kappa shape index (κ2) is 4.93. The lowest BCUT2D eigenvalue weighted by atomic mass is 10.2. The number of carbonyl (C=O) groups is 1. The van der Waals surface area contributed by atoms with Crippen LogP contribution in [0.15, 0.2) is 41.2 Å². The highest BCUT2D eigenvalue weighted by atomic mass is 35.5. The zero-order valence-corrected chi connectivity index (χ0v) is 9.70. The van der Waals surface area contributed by atoms with Crippen LogP contribution in [0.5, 0.6) is 0 Å². The Morgan fingerprint density at radius 2 is 2.24 bits per heavy atom. The fourth-order valence-electron chi connectivity index (χ4n) is 1.39. The van der Waals surface area contributed by atoms with Gasteiger partial charge in [-0.25, -0.2) is 0 Å². The second-order valence-corrected chi connectivity index (χ2v) is 3.96. The van der Waals surface area contributed by atoms with Crippen molar-refractivity contribution in [2.75, 3.05) is 5.73 Å². The van der Waals surface area contributed by atoms with Crippen molar-refractivity contribution in [3.63, 3.8) is 0 Å². The summed E-state index contributed by atoms with van der Waals surface area (Å²) in [6.07, 6.45) is 3.13. The third-order valence-corrected chi connectivity index (χ3v) is 2.58. The van der Waals surface area contributed by atoms with Crippen LogP contribution in [-0.2, 0) is 6.54 Å². The molecule has 5 heteroatoms. The summed E-state index contributed by atoms with van der Waals surface area (Å²) >= 11 is 5.93. The van der Waals surface area contributed by atoms with Gasteiger partial charge in [0.2, 0.25) is 0 Å². The van der Waals surface area contributed by atoms with Crippen molar-refractivity contribution in [2.45, 2.75) is 6.54 Å². The lowest BCUT2D eigenvalue weighted by Crippen LogP contribution is -2.22. The van der Waals surface area contributed by atoms with Crippen molar-refractivity contribution in [1.82, 2.24) is 5.32 Å². The standard InChI is InChI=1S/C12H11ClN2O2/c13-11-5-9(14)1-2-10(11)12(16)15-6-8-3-4-17-7-8/h1-5,7H,6,14H2,(H,15,16). The SMILES string of the molecule is Nc1ccc(C(=O)NCc2ccoc2)c(Cl)c1. The van der Waals surface area contributed by atoms with E-state index in [1.165, 1.54) is 0 Å². The van der Waals surface area contributed by atoms with E-state index in [2.05, 4.69) is 5.32 Å². The molecule has 3 N–H and O–H groups in total. The molecule has 0 radical (unpaired) electrons. The number of nitrogens with two attached hydrogens (primary N) is 1. The Morgan fingerprint density at radius 3 is 2.88 bits per heavy atom. The number of rotatable bonds is 3. The molecule has 0 spiro atoms. The van der Waals surface area contributed by atoms with Crippen LogP contribution in [0.1, 0.15) is 15.9 Å². The van der Waals surface area contributed by atoms with Crippen molar-refractivity contribution >= 4 is 23.2 Å². The van der Waals surface area contributed by atoms with Crippen LogP contribution in [0.4, 0.5) is 5.69 Å². The summed E-state index contributed by atoms with van der Waals surface area (Å²) in [6, 6.07) is 6.57. The van der Waals surface area contributed by atoms with Gasteiger partial charge in [-0.1, -0.05) is 11.6 Å². The van der Waals surface area contributed by atoms with E-state index in [-0.39, 0.29) is 5.91 Å². The minimum absolute atomic E-state index is 0.240. The lowest BCUT2D eigenvalue weighted by molar-refractivity contribution is 0.0951. The minimum Gasteiger partial charge on any atom is -0.472 e. The lowest BCUT2D eigenvalue weighted by Gasteiger charge is -2.06. The Morgan fingerprint density at radius 1 is 1.41 bits per heavy atom. The molecule has 0 aliphatic heterocycles. The highest BCUT2D eigenvalue weighted by Gasteiger charge is 2.10. The van der Waals surface area contributed by atoms with E-state index in [4.69, 9.17) is 21.8 Å². The minimum atomic E-state index is -0.240. The Bertz CT molecular complexity index is 523. The van der Waals surface area contributed by atoms with Gasteiger partial charge in [0.05, 0.1) is 23.1 Å². The summed E-state index contributed by atoms with van der Waals surface area (Å²) < 4.78 is 4.90. The van der Waals surface area contributed by atoms with Gasteiger partial charge in [-0.2, -0.15) is 0 Å². The maximum absolute atomic E-state index is 11.8. The first-order valence-corrected chi connectivity index (χ1v) is 5.39. The number of nitrogens with one attached hydrogen (secondary N) is 1. The average Bonchev–Trinajstić information content (AvgIpc) is 2.78. The fourth-order valence-corrected chi connectivity index (χ4v) is 1.66. The number of hydrogen-bond acceptors (Lipinski definition) is 3. The smallest absolute Gasteiger partial charge is 0.253 e. The zero-order valence-electron chi connectivity index (χ0n) is 8.94.